The summed E-state index contributed by atoms with van der Waals surface area (Å²) >= 11 is 0. The Morgan fingerprint density at radius 2 is 2.29 bits per heavy atom. The molecule has 6 heteroatoms. The average Bonchev–Trinajstić information content (AvgIpc) is 3.08. The van der Waals surface area contributed by atoms with E-state index in [1.807, 2.05) is 36.1 Å². The maximum Gasteiger partial charge on any atom is 0.248 e. The van der Waals surface area contributed by atoms with Gasteiger partial charge < -0.3 is 14.7 Å². The topological polar surface area (TPSA) is 71.3 Å². The summed E-state index contributed by atoms with van der Waals surface area (Å²) in [6, 6.07) is 7.74. The molecule has 2 aromatic rings. The molecule has 1 atom stereocenters. The van der Waals surface area contributed by atoms with Crippen molar-refractivity contribution in [1.29, 1.82) is 0 Å². The fraction of sp³-hybridized carbons (Fsp3) is 0.400. The predicted molar refractivity (Wildman–Crippen MR) is 79.1 cm³/mol. The van der Waals surface area contributed by atoms with Crippen molar-refractivity contribution in [3.8, 4) is 0 Å². The molecule has 1 aromatic carbocycles. The predicted octanol–water partition coefficient (Wildman–Crippen LogP) is 2.68. The van der Waals surface area contributed by atoms with Crippen molar-refractivity contribution in [2.24, 2.45) is 0 Å². The largest absolute Gasteiger partial charge is 0.374 e. The highest BCUT2D eigenvalue weighted by atomic mass is 16.5. The van der Waals surface area contributed by atoms with E-state index in [2.05, 4.69) is 15.5 Å². The van der Waals surface area contributed by atoms with Crippen LogP contribution in [0.4, 0.5) is 11.4 Å². The molecule has 1 N–H and O–H groups in total. The lowest BCUT2D eigenvalue weighted by molar-refractivity contribution is -0.117. The van der Waals surface area contributed by atoms with Crippen LogP contribution in [0.3, 0.4) is 0 Å². The van der Waals surface area contributed by atoms with E-state index in [1.54, 1.807) is 6.92 Å². The number of aromatic nitrogens is 2. The van der Waals surface area contributed by atoms with Gasteiger partial charge in [-0.05, 0) is 38.5 Å². The first-order valence-corrected chi connectivity index (χ1v) is 7.10. The molecule has 1 amide bonds. The van der Waals surface area contributed by atoms with Crippen LogP contribution in [0.5, 0.6) is 0 Å². The van der Waals surface area contributed by atoms with Crippen LogP contribution in [0.2, 0.25) is 0 Å². The fourth-order valence-corrected chi connectivity index (χ4v) is 2.49. The standard InChI is InChI=1S/C15H18N4O2/c1-10(15-17-11(2)18-21-15)16-12-5-3-6-13(9-12)19-8-4-7-14(19)20/h3,5-6,9-10,16H,4,7-8H2,1-2H3. The van der Waals surface area contributed by atoms with Crippen molar-refractivity contribution in [3.63, 3.8) is 0 Å². The molecule has 1 saturated heterocycles. The summed E-state index contributed by atoms with van der Waals surface area (Å²) in [5.41, 5.74) is 1.85. The zero-order valence-corrected chi connectivity index (χ0v) is 12.2. The van der Waals surface area contributed by atoms with E-state index in [4.69, 9.17) is 4.52 Å². The van der Waals surface area contributed by atoms with Gasteiger partial charge in [0.15, 0.2) is 5.82 Å². The van der Waals surface area contributed by atoms with Crippen molar-refractivity contribution in [2.45, 2.75) is 32.7 Å². The highest BCUT2D eigenvalue weighted by molar-refractivity contribution is 5.95. The smallest absolute Gasteiger partial charge is 0.248 e. The van der Waals surface area contributed by atoms with E-state index in [0.29, 0.717) is 18.1 Å². The van der Waals surface area contributed by atoms with Gasteiger partial charge in [-0.3, -0.25) is 4.79 Å². The Kier molecular flexibility index (Phi) is 3.60. The first-order chi connectivity index (χ1) is 10.1. The second-order valence-corrected chi connectivity index (χ2v) is 5.25. The van der Waals surface area contributed by atoms with Crippen LogP contribution >= 0.6 is 0 Å². The second kappa shape index (κ2) is 5.55. The molecule has 0 bridgehead atoms. The number of aryl methyl sites for hydroxylation is 1. The number of carbonyl (C=O) groups is 1. The Morgan fingerprint density at radius 1 is 1.43 bits per heavy atom. The number of rotatable bonds is 4. The van der Waals surface area contributed by atoms with Gasteiger partial charge in [0, 0.05) is 24.3 Å². The molecule has 0 aliphatic carbocycles. The number of benzene rings is 1. The van der Waals surface area contributed by atoms with Gasteiger partial charge in [-0.25, -0.2) is 0 Å². The van der Waals surface area contributed by atoms with Crippen molar-refractivity contribution in [2.75, 3.05) is 16.8 Å². The number of nitrogens with zero attached hydrogens (tertiary/aromatic N) is 3. The van der Waals surface area contributed by atoms with Crippen LogP contribution in [0, 0.1) is 6.92 Å². The van der Waals surface area contributed by atoms with E-state index in [0.717, 1.165) is 24.3 Å². The average molecular weight is 286 g/mol. The van der Waals surface area contributed by atoms with E-state index in [1.165, 1.54) is 0 Å². The minimum absolute atomic E-state index is 0.0873. The molecule has 3 rings (SSSR count). The minimum atomic E-state index is -0.0873. The Hall–Kier alpha value is -2.37. The van der Waals surface area contributed by atoms with Gasteiger partial charge in [0.2, 0.25) is 11.8 Å². The number of hydrogen-bond donors (Lipinski definition) is 1. The van der Waals surface area contributed by atoms with Crippen LogP contribution in [0.25, 0.3) is 0 Å². The Labute approximate surface area is 123 Å². The normalized spacial score (nSPS) is 16.3. The third-order valence-corrected chi connectivity index (χ3v) is 3.53. The SMILES string of the molecule is Cc1noc(C(C)Nc2cccc(N3CCCC3=O)c2)n1. The van der Waals surface area contributed by atoms with Gasteiger partial charge in [0.1, 0.15) is 6.04 Å². The van der Waals surface area contributed by atoms with Gasteiger partial charge in [0.05, 0.1) is 0 Å². The lowest BCUT2D eigenvalue weighted by Gasteiger charge is -2.18. The summed E-state index contributed by atoms with van der Waals surface area (Å²) in [6.45, 7) is 4.54. The summed E-state index contributed by atoms with van der Waals surface area (Å²) in [5.74, 6) is 1.36. The first kappa shape index (κ1) is 13.6. The molecular formula is C15H18N4O2. The number of carbonyl (C=O) groups excluding carboxylic acids is 1. The summed E-state index contributed by atoms with van der Waals surface area (Å²) in [4.78, 5) is 17.8. The van der Waals surface area contributed by atoms with Crippen molar-refractivity contribution < 1.29 is 9.32 Å². The number of hydrogen-bond acceptors (Lipinski definition) is 5. The molecule has 0 saturated carbocycles. The number of anilines is 2. The molecule has 0 radical (unpaired) electrons. The molecule has 6 nitrogen and oxygen atoms in total. The molecule has 21 heavy (non-hydrogen) atoms. The molecule has 1 unspecified atom stereocenters. The molecule has 1 aromatic heterocycles. The maximum atomic E-state index is 11.8. The highest BCUT2D eigenvalue weighted by Crippen LogP contribution is 2.26. The summed E-state index contributed by atoms with van der Waals surface area (Å²) in [6.07, 6.45) is 1.56. The Morgan fingerprint density at radius 3 is 2.95 bits per heavy atom. The molecule has 1 fully saturated rings. The molecule has 0 spiro atoms. The second-order valence-electron chi connectivity index (χ2n) is 5.25. The van der Waals surface area contributed by atoms with E-state index < -0.39 is 0 Å². The first-order valence-electron chi connectivity index (χ1n) is 7.10. The van der Waals surface area contributed by atoms with Gasteiger partial charge in [-0.1, -0.05) is 11.2 Å². The molecular weight excluding hydrogens is 268 g/mol. The van der Waals surface area contributed by atoms with Crippen LogP contribution < -0.4 is 10.2 Å². The zero-order chi connectivity index (χ0) is 14.8. The van der Waals surface area contributed by atoms with Crippen LogP contribution in [-0.4, -0.2) is 22.6 Å². The van der Waals surface area contributed by atoms with Crippen LogP contribution in [0.1, 0.15) is 37.5 Å². The zero-order valence-electron chi connectivity index (χ0n) is 12.2. The van der Waals surface area contributed by atoms with Crippen LogP contribution in [0.15, 0.2) is 28.8 Å². The lowest BCUT2D eigenvalue weighted by atomic mass is 10.2. The van der Waals surface area contributed by atoms with Crippen LogP contribution in [-0.2, 0) is 4.79 Å². The maximum absolute atomic E-state index is 11.8. The van der Waals surface area contributed by atoms with Crippen molar-refractivity contribution in [1.82, 2.24) is 10.1 Å². The van der Waals surface area contributed by atoms with Gasteiger partial charge >= 0.3 is 0 Å². The monoisotopic (exact) mass is 286 g/mol. The third kappa shape index (κ3) is 2.89. The van der Waals surface area contributed by atoms with E-state index in [9.17, 15) is 4.79 Å². The molecule has 1 aliphatic heterocycles. The van der Waals surface area contributed by atoms with Gasteiger partial charge in [-0.15, -0.1) is 0 Å². The summed E-state index contributed by atoms with van der Waals surface area (Å²) < 4.78 is 5.16. The fourth-order valence-electron chi connectivity index (χ4n) is 2.49. The highest BCUT2D eigenvalue weighted by Gasteiger charge is 2.22. The van der Waals surface area contributed by atoms with Gasteiger partial charge in [-0.2, -0.15) is 4.98 Å². The third-order valence-electron chi connectivity index (χ3n) is 3.53. The Balaban J connectivity index is 1.75. The quantitative estimate of drug-likeness (QED) is 0.935. The Bertz CT molecular complexity index is 653. The number of amides is 1. The molecule has 1 aliphatic rings. The van der Waals surface area contributed by atoms with Crippen molar-refractivity contribution in [3.05, 3.63) is 36.0 Å². The minimum Gasteiger partial charge on any atom is -0.374 e. The molecule has 110 valence electrons. The number of nitrogens with one attached hydrogen (secondary N) is 1. The van der Waals surface area contributed by atoms with Crippen molar-refractivity contribution >= 4 is 17.3 Å². The lowest BCUT2D eigenvalue weighted by Crippen LogP contribution is -2.23. The molecule has 2 heterocycles. The summed E-state index contributed by atoms with van der Waals surface area (Å²) in [5, 5.41) is 7.11. The van der Waals surface area contributed by atoms with E-state index in [-0.39, 0.29) is 11.9 Å². The van der Waals surface area contributed by atoms with E-state index >= 15 is 0 Å². The summed E-state index contributed by atoms with van der Waals surface area (Å²) in [7, 11) is 0. The van der Waals surface area contributed by atoms with Gasteiger partial charge in [0.25, 0.3) is 0 Å².